The van der Waals surface area contributed by atoms with Gasteiger partial charge in [0.2, 0.25) is 0 Å². The van der Waals surface area contributed by atoms with Gasteiger partial charge >= 0.3 is 5.97 Å². The van der Waals surface area contributed by atoms with E-state index in [0.29, 0.717) is 5.69 Å². The number of rotatable bonds is 2. The SMILES string of the molecule is COC(=O)c1cc2c3ccccc3n(C)c2c(-c2ccccc2)n1.Cl. The van der Waals surface area contributed by atoms with Crippen LogP contribution in [0, 0.1) is 0 Å². The third-order valence-electron chi connectivity index (χ3n) is 4.33. The van der Waals surface area contributed by atoms with Gasteiger partial charge in [0.25, 0.3) is 0 Å². The topological polar surface area (TPSA) is 44.1 Å². The van der Waals surface area contributed by atoms with Gasteiger partial charge in [-0.2, -0.15) is 0 Å². The second kappa shape index (κ2) is 6.57. The Kier molecular flexibility index (Phi) is 4.47. The molecule has 0 atom stereocenters. The molecule has 0 fully saturated rings. The highest BCUT2D eigenvalue weighted by Gasteiger charge is 2.18. The molecule has 4 nitrogen and oxygen atoms in total. The molecule has 4 rings (SSSR count). The van der Waals surface area contributed by atoms with Gasteiger partial charge in [-0.05, 0) is 12.1 Å². The first-order valence-electron chi connectivity index (χ1n) is 7.72. The summed E-state index contributed by atoms with van der Waals surface area (Å²) in [6.07, 6.45) is 0. The number of nitrogens with zero attached hydrogens (tertiary/aromatic N) is 2. The summed E-state index contributed by atoms with van der Waals surface area (Å²) in [5, 5.41) is 2.10. The van der Waals surface area contributed by atoms with Crippen LogP contribution in [0.15, 0.2) is 60.7 Å². The fourth-order valence-corrected chi connectivity index (χ4v) is 3.20. The molecule has 0 aliphatic heterocycles. The number of pyridine rings is 1. The summed E-state index contributed by atoms with van der Waals surface area (Å²) < 4.78 is 7.01. The summed E-state index contributed by atoms with van der Waals surface area (Å²) in [6, 6.07) is 19.9. The van der Waals surface area contributed by atoms with E-state index in [2.05, 4.69) is 21.7 Å². The number of hydrogen-bond donors (Lipinski definition) is 0. The van der Waals surface area contributed by atoms with Crippen molar-refractivity contribution in [1.29, 1.82) is 0 Å². The number of aromatic nitrogens is 2. The van der Waals surface area contributed by atoms with E-state index in [-0.39, 0.29) is 12.4 Å². The Morgan fingerprint density at radius 1 is 1.00 bits per heavy atom. The van der Waals surface area contributed by atoms with E-state index in [1.54, 1.807) is 0 Å². The van der Waals surface area contributed by atoms with Crippen molar-refractivity contribution in [3.05, 3.63) is 66.4 Å². The van der Waals surface area contributed by atoms with Gasteiger partial charge in [0.05, 0.1) is 18.3 Å². The van der Waals surface area contributed by atoms with Crippen LogP contribution in [0.5, 0.6) is 0 Å². The Morgan fingerprint density at radius 2 is 1.68 bits per heavy atom. The molecule has 0 saturated carbocycles. The minimum absolute atomic E-state index is 0. The second-order valence-electron chi connectivity index (χ2n) is 5.69. The molecule has 0 bridgehead atoms. The van der Waals surface area contributed by atoms with Gasteiger partial charge in [-0.3, -0.25) is 0 Å². The first-order chi connectivity index (χ1) is 11.7. The number of ether oxygens (including phenoxy) is 1. The van der Waals surface area contributed by atoms with Crippen molar-refractivity contribution in [2.45, 2.75) is 0 Å². The number of para-hydroxylation sites is 1. The lowest BCUT2D eigenvalue weighted by Crippen LogP contribution is -2.06. The quantitative estimate of drug-likeness (QED) is 0.495. The average Bonchev–Trinajstić information content (AvgIpc) is 2.94. The second-order valence-corrected chi connectivity index (χ2v) is 5.69. The van der Waals surface area contributed by atoms with Crippen molar-refractivity contribution in [2.75, 3.05) is 7.11 Å². The predicted octanol–water partition coefficient (Wildman–Crippen LogP) is 4.60. The first-order valence-corrected chi connectivity index (χ1v) is 7.72. The van der Waals surface area contributed by atoms with Crippen molar-refractivity contribution < 1.29 is 9.53 Å². The van der Waals surface area contributed by atoms with Gasteiger partial charge < -0.3 is 9.30 Å². The lowest BCUT2D eigenvalue weighted by atomic mass is 10.1. The number of benzene rings is 2. The van der Waals surface area contributed by atoms with Crippen LogP contribution < -0.4 is 0 Å². The van der Waals surface area contributed by atoms with E-state index in [1.165, 1.54) is 7.11 Å². The third-order valence-corrected chi connectivity index (χ3v) is 4.33. The molecule has 0 radical (unpaired) electrons. The maximum absolute atomic E-state index is 12.1. The van der Waals surface area contributed by atoms with Crippen LogP contribution in [0.4, 0.5) is 0 Å². The molecule has 0 amide bonds. The standard InChI is InChI=1S/C20H16N2O2.ClH/c1-22-17-11-7-6-10-14(17)15-12-16(20(23)24-2)21-18(19(15)22)13-8-4-3-5-9-13;/h3-12H,1-2H3;1H. The molecule has 2 aromatic carbocycles. The maximum atomic E-state index is 12.1. The Hall–Kier alpha value is -2.85. The molecule has 0 N–H and O–H groups in total. The van der Waals surface area contributed by atoms with Crippen LogP contribution in [0.25, 0.3) is 33.1 Å². The predicted molar refractivity (Wildman–Crippen MR) is 102 cm³/mol. The minimum Gasteiger partial charge on any atom is -0.464 e. The van der Waals surface area contributed by atoms with Crippen molar-refractivity contribution in [1.82, 2.24) is 9.55 Å². The van der Waals surface area contributed by atoms with Crippen molar-refractivity contribution in [3.8, 4) is 11.3 Å². The molecule has 4 aromatic rings. The summed E-state index contributed by atoms with van der Waals surface area (Å²) in [4.78, 5) is 16.7. The molecule has 0 spiro atoms. The van der Waals surface area contributed by atoms with Crippen molar-refractivity contribution in [2.24, 2.45) is 7.05 Å². The Balaban J connectivity index is 0.00000182. The fraction of sp³-hybridized carbons (Fsp3) is 0.100. The zero-order valence-corrected chi connectivity index (χ0v) is 14.7. The molecule has 5 heteroatoms. The molecule has 126 valence electrons. The first kappa shape index (κ1) is 17.0. The molecule has 0 saturated heterocycles. The van der Waals surface area contributed by atoms with Gasteiger partial charge in [0.1, 0.15) is 5.69 Å². The highest BCUT2D eigenvalue weighted by molar-refractivity contribution is 6.13. The maximum Gasteiger partial charge on any atom is 0.356 e. The van der Waals surface area contributed by atoms with Gasteiger partial charge in [-0.1, -0.05) is 48.5 Å². The normalized spacial score (nSPS) is 10.6. The van der Waals surface area contributed by atoms with Crippen LogP contribution >= 0.6 is 12.4 Å². The van der Waals surface area contributed by atoms with Crippen molar-refractivity contribution in [3.63, 3.8) is 0 Å². The minimum atomic E-state index is -0.429. The third kappa shape index (κ3) is 2.65. The lowest BCUT2D eigenvalue weighted by molar-refractivity contribution is 0.0594. The molecular formula is C20H17ClN2O2. The van der Waals surface area contributed by atoms with Crippen LogP contribution in [0.1, 0.15) is 10.5 Å². The van der Waals surface area contributed by atoms with E-state index in [1.807, 2.05) is 55.6 Å². The Morgan fingerprint density at radius 3 is 2.40 bits per heavy atom. The number of fused-ring (bicyclic) bond motifs is 3. The number of carbonyl (C=O) groups excluding carboxylic acids is 1. The monoisotopic (exact) mass is 352 g/mol. The molecule has 2 heterocycles. The van der Waals surface area contributed by atoms with Crippen LogP contribution in [-0.2, 0) is 11.8 Å². The zero-order chi connectivity index (χ0) is 16.7. The molecular weight excluding hydrogens is 336 g/mol. The Labute approximate surface area is 151 Å². The summed E-state index contributed by atoms with van der Waals surface area (Å²) >= 11 is 0. The number of methoxy groups -OCH3 is 1. The fourth-order valence-electron chi connectivity index (χ4n) is 3.20. The molecule has 25 heavy (non-hydrogen) atoms. The summed E-state index contributed by atoms with van der Waals surface area (Å²) in [5.74, 6) is -0.429. The van der Waals surface area contributed by atoms with Gasteiger partial charge in [-0.25, -0.2) is 9.78 Å². The van der Waals surface area contributed by atoms with E-state index in [0.717, 1.165) is 33.1 Å². The van der Waals surface area contributed by atoms with Gasteiger partial charge in [-0.15, -0.1) is 12.4 Å². The highest BCUT2D eigenvalue weighted by Crippen LogP contribution is 2.34. The van der Waals surface area contributed by atoms with Crippen molar-refractivity contribution >= 4 is 40.2 Å². The number of hydrogen-bond acceptors (Lipinski definition) is 3. The highest BCUT2D eigenvalue weighted by atomic mass is 35.5. The van der Waals surface area contributed by atoms with Crippen LogP contribution in [-0.4, -0.2) is 22.6 Å². The number of halogens is 1. The number of esters is 1. The average molecular weight is 353 g/mol. The summed E-state index contributed by atoms with van der Waals surface area (Å²) in [5.41, 5.74) is 4.19. The lowest BCUT2D eigenvalue weighted by Gasteiger charge is -2.08. The summed E-state index contributed by atoms with van der Waals surface area (Å²) in [7, 11) is 3.40. The summed E-state index contributed by atoms with van der Waals surface area (Å²) in [6.45, 7) is 0. The van der Waals surface area contributed by atoms with Gasteiger partial charge in [0.15, 0.2) is 0 Å². The molecule has 2 aromatic heterocycles. The molecule has 0 aliphatic rings. The van der Waals surface area contributed by atoms with Gasteiger partial charge in [0, 0.05) is 28.9 Å². The Bertz CT molecular complexity index is 1070. The van der Waals surface area contributed by atoms with E-state index < -0.39 is 5.97 Å². The number of aryl methyl sites for hydroxylation is 1. The largest absolute Gasteiger partial charge is 0.464 e. The van der Waals surface area contributed by atoms with E-state index in [9.17, 15) is 4.79 Å². The van der Waals surface area contributed by atoms with E-state index in [4.69, 9.17) is 4.74 Å². The zero-order valence-electron chi connectivity index (χ0n) is 13.9. The molecule has 0 unspecified atom stereocenters. The smallest absolute Gasteiger partial charge is 0.356 e. The van der Waals surface area contributed by atoms with Crippen LogP contribution in [0.3, 0.4) is 0 Å². The number of carbonyl (C=O) groups is 1. The van der Waals surface area contributed by atoms with Crippen LogP contribution in [0.2, 0.25) is 0 Å². The van der Waals surface area contributed by atoms with E-state index >= 15 is 0 Å². The molecule has 0 aliphatic carbocycles.